The molecule has 1 saturated heterocycles. The minimum absolute atomic E-state index is 0.115. The molecule has 0 spiro atoms. The van der Waals surface area contributed by atoms with Crippen molar-refractivity contribution in [3.63, 3.8) is 0 Å². The van der Waals surface area contributed by atoms with Crippen LogP contribution in [-0.2, 0) is 4.74 Å². The number of nitrogens with one attached hydrogen (secondary N) is 2. The molecule has 2 aromatic rings. The van der Waals surface area contributed by atoms with Crippen LogP contribution in [0.5, 0.6) is 0 Å². The Kier molecular flexibility index (Phi) is 4.13. The fraction of sp³-hybridized carbons (Fsp3) is 0.429. The van der Waals surface area contributed by atoms with Crippen molar-refractivity contribution in [2.75, 3.05) is 19.8 Å². The van der Waals surface area contributed by atoms with Gasteiger partial charge >= 0.3 is 0 Å². The highest BCUT2D eigenvalue weighted by Crippen LogP contribution is 2.22. The Morgan fingerprint density at radius 2 is 2.35 bits per heavy atom. The number of H-pyrrole nitrogens is 1. The molecule has 20 heavy (non-hydrogen) atoms. The first-order valence-corrected chi connectivity index (χ1v) is 7.66. The lowest BCUT2D eigenvalue weighted by Gasteiger charge is -2.21. The van der Waals surface area contributed by atoms with Gasteiger partial charge in [0.25, 0.3) is 5.91 Å². The first kappa shape index (κ1) is 13.3. The van der Waals surface area contributed by atoms with Crippen LogP contribution >= 0.6 is 11.3 Å². The Hall–Kier alpha value is -1.66. The van der Waals surface area contributed by atoms with Crippen LogP contribution in [0.1, 0.15) is 23.3 Å². The predicted octanol–water partition coefficient (Wildman–Crippen LogP) is 2.29. The van der Waals surface area contributed by atoms with Crippen molar-refractivity contribution in [2.45, 2.75) is 12.8 Å². The normalized spacial score (nSPS) is 16.2. The summed E-state index contributed by atoms with van der Waals surface area (Å²) in [5.41, 5.74) is 1.33. The third-order valence-electron chi connectivity index (χ3n) is 3.49. The van der Waals surface area contributed by atoms with E-state index in [2.05, 4.69) is 15.5 Å². The van der Waals surface area contributed by atoms with Crippen molar-refractivity contribution < 1.29 is 9.53 Å². The van der Waals surface area contributed by atoms with E-state index in [1.165, 1.54) is 0 Å². The number of rotatable bonds is 4. The van der Waals surface area contributed by atoms with Crippen LogP contribution in [0, 0.1) is 5.92 Å². The second-order valence-corrected chi connectivity index (χ2v) is 5.86. The van der Waals surface area contributed by atoms with Gasteiger partial charge in [-0.2, -0.15) is 5.10 Å². The molecule has 106 valence electrons. The molecule has 0 aromatic carbocycles. The largest absolute Gasteiger partial charge is 0.381 e. The van der Waals surface area contributed by atoms with Crippen molar-refractivity contribution in [3.8, 4) is 10.6 Å². The zero-order valence-electron chi connectivity index (χ0n) is 11.1. The average Bonchev–Trinajstić information content (AvgIpc) is 3.16. The number of carbonyl (C=O) groups excluding carboxylic acids is 1. The van der Waals surface area contributed by atoms with E-state index < -0.39 is 0 Å². The molecule has 1 fully saturated rings. The highest BCUT2D eigenvalue weighted by molar-refractivity contribution is 7.13. The Labute approximate surface area is 121 Å². The molecule has 3 rings (SSSR count). The molecule has 0 aliphatic carbocycles. The first-order chi connectivity index (χ1) is 9.83. The number of hydrogen-bond donors (Lipinski definition) is 2. The molecule has 6 heteroatoms. The highest BCUT2D eigenvalue weighted by atomic mass is 32.1. The lowest BCUT2D eigenvalue weighted by Crippen LogP contribution is -2.32. The lowest BCUT2D eigenvalue weighted by atomic mass is 10.0. The summed E-state index contributed by atoms with van der Waals surface area (Å²) in [6, 6.07) is 5.78. The molecular weight excluding hydrogens is 274 g/mol. The van der Waals surface area contributed by atoms with Gasteiger partial charge in [0, 0.05) is 19.8 Å². The smallest absolute Gasteiger partial charge is 0.271 e. The molecule has 1 aliphatic heterocycles. The van der Waals surface area contributed by atoms with Crippen LogP contribution in [0.25, 0.3) is 10.6 Å². The molecule has 3 heterocycles. The molecule has 1 aliphatic rings. The van der Waals surface area contributed by atoms with Crippen molar-refractivity contribution in [3.05, 3.63) is 29.3 Å². The van der Waals surface area contributed by atoms with Gasteiger partial charge in [-0.3, -0.25) is 9.89 Å². The third kappa shape index (κ3) is 3.08. The van der Waals surface area contributed by atoms with Gasteiger partial charge in [-0.15, -0.1) is 11.3 Å². The predicted molar refractivity (Wildman–Crippen MR) is 77.8 cm³/mol. The second-order valence-electron chi connectivity index (χ2n) is 4.91. The minimum atomic E-state index is -0.115. The molecule has 0 bridgehead atoms. The summed E-state index contributed by atoms with van der Waals surface area (Å²) in [5, 5.41) is 11.9. The van der Waals surface area contributed by atoms with Crippen LogP contribution in [0.4, 0.5) is 0 Å². The minimum Gasteiger partial charge on any atom is -0.381 e. The molecule has 5 nitrogen and oxygen atoms in total. The van der Waals surface area contributed by atoms with Crippen molar-refractivity contribution in [1.29, 1.82) is 0 Å². The van der Waals surface area contributed by atoms with E-state index in [4.69, 9.17) is 4.74 Å². The number of ether oxygens (including phenoxy) is 1. The summed E-state index contributed by atoms with van der Waals surface area (Å²) in [5.74, 6) is 0.402. The van der Waals surface area contributed by atoms with E-state index in [1.807, 2.05) is 17.5 Å². The van der Waals surface area contributed by atoms with Gasteiger partial charge in [0.05, 0.1) is 10.6 Å². The lowest BCUT2D eigenvalue weighted by molar-refractivity contribution is 0.0642. The van der Waals surface area contributed by atoms with E-state index in [1.54, 1.807) is 17.4 Å². The Balaban J connectivity index is 1.57. The van der Waals surface area contributed by atoms with Crippen molar-refractivity contribution >= 4 is 17.2 Å². The average molecular weight is 291 g/mol. The molecule has 0 radical (unpaired) electrons. The number of aromatic nitrogens is 2. The number of thiophene rings is 1. The standard InChI is InChI=1S/C14H17N3O2S/c18-14(15-9-10-3-5-19-6-4-10)12-8-11(16-17-12)13-2-1-7-20-13/h1-2,7-8,10H,3-6,9H2,(H,15,18)(H,16,17). The first-order valence-electron chi connectivity index (χ1n) is 6.78. The SMILES string of the molecule is O=C(NCC1CCOCC1)c1cc(-c2cccs2)[nH]n1. The number of carbonyl (C=O) groups is 1. The summed E-state index contributed by atoms with van der Waals surface area (Å²) >= 11 is 1.62. The number of nitrogens with zero attached hydrogens (tertiary/aromatic N) is 1. The van der Waals surface area contributed by atoms with E-state index in [0.717, 1.165) is 36.6 Å². The zero-order chi connectivity index (χ0) is 13.8. The van der Waals surface area contributed by atoms with Gasteiger partial charge in [-0.1, -0.05) is 6.07 Å². The van der Waals surface area contributed by atoms with Crippen LogP contribution in [0.15, 0.2) is 23.6 Å². The van der Waals surface area contributed by atoms with Gasteiger partial charge in [0.2, 0.25) is 0 Å². The van der Waals surface area contributed by atoms with E-state index in [-0.39, 0.29) is 5.91 Å². The Morgan fingerprint density at radius 1 is 1.50 bits per heavy atom. The summed E-state index contributed by atoms with van der Waals surface area (Å²) in [7, 11) is 0. The fourth-order valence-electron chi connectivity index (χ4n) is 2.27. The highest BCUT2D eigenvalue weighted by Gasteiger charge is 2.16. The quantitative estimate of drug-likeness (QED) is 0.908. The Morgan fingerprint density at radius 3 is 3.10 bits per heavy atom. The van der Waals surface area contributed by atoms with E-state index >= 15 is 0 Å². The summed E-state index contributed by atoms with van der Waals surface area (Å²) in [6.07, 6.45) is 2.03. The molecule has 0 atom stereocenters. The summed E-state index contributed by atoms with van der Waals surface area (Å²) in [6.45, 7) is 2.29. The van der Waals surface area contributed by atoms with E-state index in [0.29, 0.717) is 18.2 Å². The van der Waals surface area contributed by atoms with Gasteiger partial charge in [0.15, 0.2) is 5.69 Å². The monoisotopic (exact) mass is 291 g/mol. The van der Waals surface area contributed by atoms with Crippen LogP contribution < -0.4 is 5.32 Å². The maximum atomic E-state index is 12.0. The molecule has 2 aromatic heterocycles. The van der Waals surface area contributed by atoms with Crippen molar-refractivity contribution in [2.24, 2.45) is 5.92 Å². The van der Waals surface area contributed by atoms with Crippen LogP contribution in [-0.4, -0.2) is 35.9 Å². The van der Waals surface area contributed by atoms with Crippen LogP contribution in [0.3, 0.4) is 0 Å². The van der Waals surface area contributed by atoms with E-state index in [9.17, 15) is 4.79 Å². The second kappa shape index (κ2) is 6.19. The zero-order valence-corrected chi connectivity index (χ0v) is 11.9. The Bertz CT molecular complexity index is 559. The number of aromatic amines is 1. The van der Waals surface area contributed by atoms with Gasteiger partial charge in [0.1, 0.15) is 0 Å². The molecule has 2 N–H and O–H groups in total. The molecule has 0 unspecified atom stereocenters. The molecule has 0 saturated carbocycles. The van der Waals surface area contributed by atoms with Gasteiger partial charge in [-0.05, 0) is 36.3 Å². The van der Waals surface area contributed by atoms with Crippen molar-refractivity contribution in [1.82, 2.24) is 15.5 Å². The topological polar surface area (TPSA) is 67.0 Å². The summed E-state index contributed by atoms with van der Waals surface area (Å²) < 4.78 is 5.31. The third-order valence-corrected chi connectivity index (χ3v) is 4.39. The number of amides is 1. The molecular formula is C14H17N3O2S. The van der Waals surface area contributed by atoms with Crippen LogP contribution in [0.2, 0.25) is 0 Å². The summed E-state index contributed by atoms with van der Waals surface area (Å²) in [4.78, 5) is 13.1. The van der Waals surface area contributed by atoms with Gasteiger partial charge < -0.3 is 10.1 Å². The molecule has 1 amide bonds. The fourth-order valence-corrected chi connectivity index (χ4v) is 2.97. The maximum absolute atomic E-state index is 12.0. The number of hydrogen-bond acceptors (Lipinski definition) is 4. The van der Waals surface area contributed by atoms with Gasteiger partial charge in [-0.25, -0.2) is 0 Å². The maximum Gasteiger partial charge on any atom is 0.271 e.